The Bertz CT molecular complexity index is 533. The van der Waals surface area contributed by atoms with Gasteiger partial charge in [-0.1, -0.05) is 15.9 Å². The molecular weight excluding hydrogens is 369 g/mol. The van der Waals surface area contributed by atoms with Gasteiger partial charge >= 0.3 is 0 Å². The van der Waals surface area contributed by atoms with Crippen LogP contribution in [0.4, 0.5) is 4.39 Å². The van der Waals surface area contributed by atoms with E-state index in [1.165, 1.54) is 12.1 Å². The Hall–Kier alpha value is -0.230. The van der Waals surface area contributed by atoms with E-state index >= 15 is 0 Å². The summed E-state index contributed by atoms with van der Waals surface area (Å²) in [7, 11) is 0. The van der Waals surface area contributed by atoms with Gasteiger partial charge in [0, 0.05) is 9.35 Å². The van der Waals surface area contributed by atoms with Crippen LogP contribution in [0.2, 0.25) is 0 Å². The fourth-order valence-electron chi connectivity index (χ4n) is 1.70. The van der Waals surface area contributed by atoms with Crippen molar-refractivity contribution < 1.29 is 4.39 Å². The first-order chi connectivity index (χ1) is 7.97. The Morgan fingerprint density at radius 1 is 1.24 bits per heavy atom. The van der Waals surface area contributed by atoms with Gasteiger partial charge in [0.1, 0.15) is 5.82 Å². The summed E-state index contributed by atoms with van der Waals surface area (Å²) in [5.74, 6) is -0.281. The fourth-order valence-corrected chi connectivity index (χ4v) is 3.94. The largest absolute Gasteiger partial charge is 0.320 e. The molecule has 90 valence electrons. The topological polar surface area (TPSA) is 26.0 Å². The van der Waals surface area contributed by atoms with E-state index in [9.17, 15) is 4.39 Å². The second-order valence-electron chi connectivity index (χ2n) is 3.74. The van der Waals surface area contributed by atoms with Gasteiger partial charge in [0.05, 0.1) is 9.83 Å². The lowest BCUT2D eigenvalue weighted by atomic mass is 10.0. The first-order valence-electron chi connectivity index (χ1n) is 4.95. The van der Waals surface area contributed by atoms with E-state index in [4.69, 9.17) is 5.73 Å². The van der Waals surface area contributed by atoms with E-state index in [-0.39, 0.29) is 11.9 Å². The Balaban J connectivity index is 2.43. The number of halogens is 3. The normalized spacial score (nSPS) is 12.8. The molecule has 0 aliphatic heterocycles. The maximum Gasteiger partial charge on any atom is 0.124 e. The summed E-state index contributed by atoms with van der Waals surface area (Å²) in [6.07, 6.45) is 0. The third kappa shape index (κ3) is 2.96. The van der Waals surface area contributed by atoms with Crippen molar-refractivity contribution in [2.45, 2.75) is 13.0 Å². The minimum absolute atomic E-state index is 0.281. The van der Waals surface area contributed by atoms with Gasteiger partial charge in [0.25, 0.3) is 0 Å². The van der Waals surface area contributed by atoms with E-state index in [2.05, 4.69) is 31.9 Å². The van der Waals surface area contributed by atoms with Crippen molar-refractivity contribution in [3.8, 4) is 0 Å². The van der Waals surface area contributed by atoms with Crippen molar-refractivity contribution in [1.29, 1.82) is 0 Å². The minimum Gasteiger partial charge on any atom is -0.320 e. The summed E-state index contributed by atoms with van der Waals surface area (Å²) in [6, 6.07) is 6.43. The highest BCUT2D eigenvalue weighted by Crippen LogP contribution is 2.33. The molecule has 5 heteroatoms. The van der Waals surface area contributed by atoms with Crippen molar-refractivity contribution in [3.05, 3.63) is 54.3 Å². The van der Waals surface area contributed by atoms with Crippen LogP contribution in [0, 0.1) is 12.7 Å². The smallest absolute Gasteiger partial charge is 0.124 e. The molecule has 0 saturated heterocycles. The molecule has 1 atom stereocenters. The Kier molecular flexibility index (Phi) is 4.02. The SMILES string of the molecule is Cc1sc(Br)cc1C(N)c1cc(F)cc(Br)c1. The summed E-state index contributed by atoms with van der Waals surface area (Å²) >= 11 is 8.34. The third-order valence-electron chi connectivity index (χ3n) is 2.51. The molecular formula is C12H10Br2FNS. The lowest BCUT2D eigenvalue weighted by molar-refractivity contribution is 0.622. The van der Waals surface area contributed by atoms with Gasteiger partial charge in [0.2, 0.25) is 0 Å². The van der Waals surface area contributed by atoms with Crippen LogP contribution in [0.25, 0.3) is 0 Å². The van der Waals surface area contributed by atoms with Gasteiger partial charge in [-0.3, -0.25) is 0 Å². The Labute approximate surface area is 120 Å². The highest BCUT2D eigenvalue weighted by Gasteiger charge is 2.15. The van der Waals surface area contributed by atoms with Crippen LogP contribution in [0.1, 0.15) is 22.0 Å². The van der Waals surface area contributed by atoms with Gasteiger partial charge in [-0.2, -0.15) is 0 Å². The second-order valence-corrected chi connectivity index (χ2v) is 7.29. The molecule has 0 fully saturated rings. The van der Waals surface area contributed by atoms with Crippen LogP contribution >= 0.6 is 43.2 Å². The van der Waals surface area contributed by atoms with Crippen LogP contribution in [0.5, 0.6) is 0 Å². The first kappa shape index (κ1) is 13.2. The monoisotopic (exact) mass is 377 g/mol. The van der Waals surface area contributed by atoms with Gasteiger partial charge < -0.3 is 5.73 Å². The number of nitrogens with two attached hydrogens (primary N) is 1. The number of hydrogen-bond acceptors (Lipinski definition) is 2. The van der Waals surface area contributed by atoms with Crippen molar-refractivity contribution >= 4 is 43.2 Å². The molecule has 0 aliphatic rings. The van der Waals surface area contributed by atoms with Crippen molar-refractivity contribution in [3.63, 3.8) is 0 Å². The maximum atomic E-state index is 13.3. The van der Waals surface area contributed by atoms with E-state index < -0.39 is 0 Å². The summed E-state index contributed by atoms with van der Waals surface area (Å²) in [6.45, 7) is 2.01. The lowest BCUT2D eigenvalue weighted by Crippen LogP contribution is -2.12. The zero-order valence-corrected chi connectivity index (χ0v) is 13.0. The quantitative estimate of drug-likeness (QED) is 0.800. The fraction of sp³-hybridized carbons (Fsp3) is 0.167. The molecule has 0 bridgehead atoms. The lowest BCUT2D eigenvalue weighted by Gasteiger charge is -2.12. The molecule has 0 radical (unpaired) electrons. The highest BCUT2D eigenvalue weighted by molar-refractivity contribution is 9.11. The molecule has 0 amide bonds. The van der Waals surface area contributed by atoms with Crippen LogP contribution in [-0.2, 0) is 0 Å². The predicted molar refractivity (Wildman–Crippen MR) is 76.9 cm³/mol. The number of benzene rings is 1. The van der Waals surface area contributed by atoms with Crippen molar-refractivity contribution in [2.24, 2.45) is 5.73 Å². The molecule has 17 heavy (non-hydrogen) atoms. The third-order valence-corrected chi connectivity index (χ3v) is 4.53. The number of thiophene rings is 1. The van der Waals surface area contributed by atoms with Crippen LogP contribution in [0.3, 0.4) is 0 Å². The summed E-state index contributed by atoms with van der Waals surface area (Å²) in [4.78, 5) is 1.14. The standard InChI is InChI=1S/C12H10Br2FNS/c1-6-10(5-11(14)17-6)12(16)7-2-8(13)4-9(15)3-7/h2-5,12H,16H2,1H3. The van der Waals surface area contributed by atoms with Gasteiger partial charge in [-0.05, 0) is 58.2 Å². The van der Waals surface area contributed by atoms with Crippen molar-refractivity contribution in [2.75, 3.05) is 0 Å². The van der Waals surface area contributed by atoms with E-state index in [0.717, 1.165) is 19.8 Å². The summed E-state index contributed by atoms with van der Waals surface area (Å²) in [5.41, 5.74) is 7.96. The first-order valence-corrected chi connectivity index (χ1v) is 7.35. The molecule has 1 unspecified atom stereocenters. The Morgan fingerprint density at radius 2 is 1.94 bits per heavy atom. The van der Waals surface area contributed by atoms with E-state index in [1.807, 2.05) is 19.1 Å². The van der Waals surface area contributed by atoms with E-state index in [1.54, 1.807) is 11.3 Å². The van der Waals surface area contributed by atoms with Crippen LogP contribution < -0.4 is 5.73 Å². The molecule has 0 aliphatic carbocycles. The molecule has 1 aromatic heterocycles. The zero-order valence-electron chi connectivity index (χ0n) is 9.01. The summed E-state index contributed by atoms with van der Waals surface area (Å²) < 4.78 is 15.1. The molecule has 1 heterocycles. The molecule has 0 saturated carbocycles. The molecule has 2 N–H and O–H groups in total. The highest BCUT2D eigenvalue weighted by atomic mass is 79.9. The number of rotatable bonds is 2. The Morgan fingerprint density at radius 3 is 2.47 bits per heavy atom. The maximum absolute atomic E-state index is 13.3. The predicted octanol–water partition coefficient (Wildman–Crippen LogP) is 4.77. The van der Waals surface area contributed by atoms with Crippen molar-refractivity contribution in [1.82, 2.24) is 0 Å². The van der Waals surface area contributed by atoms with Gasteiger partial charge in [-0.15, -0.1) is 11.3 Å². The molecule has 2 aromatic rings. The van der Waals surface area contributed by atoms with E-state index in [0.29, 0.717) is 4.47 Å². The number of hydrogen-bond donors (Lipinski definition) is 1. The average molecular weight is 379 g/mol. The molecule has 1 aromatic carbocycles. The van der Waals surface area contributed by atoms with Gasteiger partial charge in [-0.25, -0.2) is 4.39 Å². The minimum atomic E-state index is -0.301. The van der Waals surface area contributed by atoms with Crippen LogP contribution in [-0.4, -0.2) is 0 Å². The second kappa shape index (κ2) is 5.18. The average Bonchev–Trinajstić information content (AvgIpc) is 2.55. The summed E-state index contributed by atoms with van der Waals surface area (Å²) in [5, 5.41) is 0. The number of aryl methyl sites for hydroxylation is 1. The molecule has 0 spiro atoms. The molecule has 1 nitrogen and oxygen atoms in total. The van der Waals surface area contributed by atoms with Crippen LogP contribution in [0.15, 0.2) is 32.5 Å². The molecule has 2 rings (SSSR count). The zero-order chi connectivity index (χ0) is 12.6. The van der Waals surface area contributed by atoms with Gasteiger partial charge in [0.15, 0.2) is 0 Å².